The zero-order chi connectivity index (χ0) is 12.3. The first-order chi connectivity index (χ1) is 8.18. The van der Waals surface area contributed by atoms with Crippen molar-refractivity contribution in [3.8, 4) is 0 Å². The Bertz CT molecular complexity index is 352. The predicted octanol–water partition coefficient (Wildman–Crippen LogP) is 5.21. The summed E-state index contributed by atoms with van der Waals surface area (Å²) in [5, 5.41) is 0.675. The fourth-order valence-electron chi connectivity index (χ4n) is 2.61. The molecule has 1 aliphatic rings. The second-order valence-corrected chi connectivity index (χ2v) is 5.77. The third-order valence-corrected chi connectivity index (χ3v) is 4.57. The molecule has 0 spiro atoms. The third-order valence-electron chi connectivity index (χ3n) is 3.64. The van der Waals surface area contributed by atoms with Crippen LogP contribution >= 0.6 is 23.2 Å². The van der Waals surface area contributed by atoms with Crippen LogP contribution in [-0.4, -0.2) is 5.38 Å². The van der Waals surface area contributed by atoms with E-state index in [0.29, 0.717) is 22.9 Å². The first kappa shape index (κ1) is 13.2. The molecule has 1 aromatic carbocycles. The van der Waals surface area contributed by atoms with Crippen molar-refractivity contribution < 1.29 is 4.39 Å². The highest BCUT2D eigenvalue weighted by atomic mass is 35.5. The fraction of sp³-hybridized carbons (Fsp3) is 0.571. The van der Waals surface area contributed by atoms with Gasteiger partial charge in [-0.25, -0.2) is 4.39 Å². The van der Waals surface area contributed by atoms with E-state index in [-0.39, 0.29) is 11.2 Å². The second kappa shape index (κ2) is 6.06. The lowest BCUT2D eigenvalue weighted by molar-refractivity contribution is 0.488. The molecule has 0 radical (unpaired) electrons. The van der Waals surface area contributed by atoms with Gasteiger partial charge in [-0.2, -0.15) is 0 Å². The monoisotopic (exact) mass is 274 g/mol. The number of hydrogen-bond acceptors (Lipinski definition) is 0. The highest BCUT2D eigenvalue weighted by Crippen LogP contribution is 2.33. The van der Waals surface area contributed by atoms with E-state index < -0.39 is 0 Å². The number of hydrogen-bond donors (Lipinski definition) is 0. The fourth-order valence-corrected chi connectivity index (χ4v) is 3.23. The summed E-state index contributed by atoms with van der Waals surface area (Å²) in [4.78, 5) is 0. The number of rotatable bonds is 4. The minimum Gasteiger partial charge on any atom is -0.207 e. The molecule has 1 fully saturated rings. The van der Waals surface area contributed by atoms with Gasteiger partial charge in [0.25, 0.3) is 0 Å². The smallest absolute Gasteiger partial charge is 0.127 e. The molecule has 0 bridgehead atoms. The first-order valence-electron chi connectivity index (χ1n) is 6.25. The van der Waals surface area contributed by atoms with Crippen LogP contribution in [-0.2, 0) is 6.42 Å². The molecule has 17 heavy (non-hydrogen) atoms. The van der Waals surface area contributed by atoms with Crippen LogP contribution in [0.25, 0.3) is 0 Å². The Labute approximate surface area is 112 Å². The molecule has 1 saturated carbocycles. The molecular weight excluding hydrogens is 258 g/mol. The molecule has 2 rings (SSSR count). The van der Waals surface area contributed by atoms with E-state index in [9.17, 15) is 4.39 Å². The zero-order valence-corrected chi connectivity index (χ0v) is 11.3. The van der Waals surface area contributed by atoms with Crippen LogP contribution in [0.2, 0.25) is 5.02 Å². The maximum atomic E-state index is 13.6. The second-order valence-electron chi connectivity index (χ2n) is 4.80. The lowest BCUT2D eigenvalue weighted by atomic mass is 9.97. The average molecular weight is 275 g/mol. The number of halogens is 3. The van der Waals surface area contributed by atoms with Crippen molar-refractivity contribution in [3.05, 3.63) is 34.6 Å². The molecule has 94 valence electrons. The molecule has 3 heteroatoms. The lowest BCUT2D eigenvalue weighted by Crippen LogP contribution is -2.12. The molecule has 1 aromatic rings. The van der Waals surface area contributed by atoms with Crippen LogP contribution in [0.15, 0.2) is 18.2 Å². The summed E-state index contributed by atoms with van der Waals surface area (Å²) < 4.78 is 13.6. The van der Waals surface area contributed by atoms with Crippen molar-refractivity contribution in [2.24, 2.45) is 5.92 Å². The van der Waals surface area contributed by atoms with E-state index >= 15 is 0 Å². The molecular formula is C14H17Cl2F. The third kappa shape index (κ3) is 3.35. The molecule has 0 N–H and O–H groups in total. The zero-order valence-electron chi connectivity index (χ0n) is 9.76. The van der Waals surface area contributed by atoms with Gasteiger partial charge < -0.3 is 0 Å². The Kier molecular flexibility index (Phi) is 4.69. The Balaban J connectivity index is 1.92. The van der Waals surface area contributed by atoms with Crippen LogP contribution < -0.4 is 0 Å². The summed E-state index contributed by atoms with van der Waals surface area (Å²) in [6.45, 7) is 0. The Hall–Kier alpha value is -0.270. The van der Waals surface area contributed by atoms with Crippen LogP contribution in [0, 0.1) is 11.7 Å². The van der Waals surface area contributed by atoms with E-state index in [1.54, 1.807) is 12.1 Å². The first-order valence-corrected chi connectivity index (χ1v) is 7.07. The maximum absolute atomic E-state index is 13.6. The minimum atomic E-state index is -0.215. The number of alkyl halides is 1. The lowest BCUT2D eigenvalue weighted by Gasteiger charge is -2.16. The van der Waals surface area contributed by atoms with Gasteiger partial charge in [0.05, 0.1) is 0 Å². The topological polar surface area (TPSA) is 0 Å². The average Bonchev–Trinajstić information content (AvgIpc) is 2.81. The van der Waals surface area contributed by atoms with E-state index in [4.69, 9.17) is 23.2 Å². The molecule has 1 aliphatic carbocycles. The molecule has 0 saturated heterocycles. The van der Waals surface area contributed by atoms with Gasteiger partial charge in [-0.1, -0.05) is 30.5 Å². The molecule has 0 nitrogen and oxygen atoms in total. The van der Waals surface area contributed by atoms with Gasteiger partial charge in [-0.05, 0) is 43.7 Å². The molecule has 0 aromatic heterocycles. The highest BCUT2D eigenvalue weighted by Gasteiger charge is 2.23. The highest BCUT2D eigenvalue weighted by molar-refractivity contribution is 6.31. The van der Waals surface area contributed by atoms with E-state index in [0.717, 1.165) is 6.42 Å². The van der Waals surface area contributed by atoms with Gasteiger partial charge in [-0.15, -0.1) is 11.6 Å². The Morgan fingerprint density at radius 1 is 1.29 bits per heavy atom. The van der Waals surface area contributed by atoms with E-state index in [2.05, 4.69) is 0 Å². The molecule has 0 amide bonds. The largest absolute Gasteiger partial charge is 0.207 e. The Morgan fingerprint density at radius 3 is 2.65 bits per heavy atom. The summed E-state index contributed by atoms with van der Waals surface area (Å²) in [5.41, 5.74) is 0.609. The van der Waals surface area contributed by atoms with Gasteiger partial charge in [0.1, 0.15) is 5.82 Å². The minimum absolute atomic E-state index is 0.160. The van der Waals surface area contributed by atoms with Gasteiger partial charge in [0.15, 0.2) is 0 Å². The van der Waals surface area contributed by atoms with Crippen molar-refractivity contribution in [3.63, 3.8) is 0 Å². The van der Waals surface area contributed by atoms with E-state index in [1.807, 2.05) is 0 Å². The van der Waals surface area contributed by atoms with Gasteiger partial charge in [0.2, 0.25) is 0 Å². The van der Waals surface area contributed by atoms with Crippen LogP contribution in [0.1, 0.15) is 37.7 Å². The quantitative estimate of drug-likeness (QED) is 0.662. The molecule has 0 aliphatic heterocycles. The van der Waals surface area contributed by atoms with Gasteiger partial charge in [0, 0.05) is 16.0 Å². The summed E-state index contributed by atoms with van der Waals surface area (Å²) in [5.74, 6) is 0.398. The van der Waals surface area contributed by atoms with Crippen LogP contribution in [0.4, 0.5) is 4.39 Å². The summed E-state index contributed by atoms with van der Waals surface area (Å²) in [6.07, 6.45) is 6.46. The van der Waals surface area contributed by atoms with Crippen molar-refractivity contribution in [2.75, 3.05) is 0 Å². The molecule has 1 atom stereocenters. The van der Waals surface area contributed by atoms with Gasteiger partial charge >= 0.3 is 0 Å². The molecule has 0 heterocycles. The van der Waals surface area contributed by atoms with Crippen molar-refractivity contribution >= 4 is 23.2 Å². The maximum Gasteiger partial charge on any atom is 0.127 e. The standard InChI is InChI=1S/C14H17Cl2F/c15-12(10-4-1-2-5-10)9-8-11-13(16)6-3-7-14(11)17/h3,6-7,10,12H,1-2,4-5,8-9H2. The summed E-state index contributed by atoms with van der Waals surface area (Å²) >= 11 is 12.4. The SMILES string of the molecule is Fc1cccc(Cl)c1CCC(Cl)C1CCCC1. The predicted molar refractivity (Wildman–Crippen MR) is 71.3 cm³/mol. The van der Waals surface area contributed by atoms with Crippen molar-refractivity contribution in [1.29, 1.82) is 0 Å². The van der Waals surface area contributed by atoms with Crippen LogP contribution in [0.3, 0.4) is 0 Å². The Morgan fingerprint density at radius 2 is 2.00 bits per heavy atom. The summed E-state index contributed by atoms with van der Waals surface area (Å²) in [7, 11) is 0. The van der Waals surface area contributed by atoms with E-state index in [1.165, 1.54) is 31.7 Å². The number of benzene rings is 1. The van der Waals surface area contributed by atoms with Crippen LogP contribution in [0.5, 0.6) is 0 Å². The van der Waals surface area contributed by atoms with Crippen molar-refractivity contribution in [1.82, 2.24) is 0 Å². The molecule has 1 unspecified atom stereocenters. The summed E-state index contributed by atoms with van der Waals surface area (Å²) in [6, 6.07) is 4.83. The van der Waals surface area contributed by atoms with Gasteiger partial charge in [-0.3, -0.25) is 0 Å². The normalized spacial score (nSPS) is 18.5. The van der Waals surface area contributed by atoms with Crippen molar-refractivity contribution in [2.45, 2.75) is 43.9 Å².